The number of thiophene rings is 2. The van der Waals surface area contributed by atoms with Crippen molar-refractivity contribution in [3.63, 3.8) is 0 Å². The Morgan fingerprint density at radius 3 is 2.85 bits per heavy atom. The van der Waals surface area contributed by atoms with Gasteiger partial charge in [0.1, 0.15) is 17.4 Å². The molecular formula is C16H12O2S2. The Labute approximate surface area is 123 Å². The molecule has 0 amide bonds. The van der Waals surface area contributed by atoms with Crippen molar-refractivity contribution in [1.29, 1.82) is 0 Å². The van der Waals surface area contributed by atoms with E-state index in [2.05, 4.69) is 24.4 Å². The minimum atomic E-state index is -0.688. The summed E-state index contributed by atoms with van der Waals surface area (Å²) in [5, 5.41) is 13.6. The number of aryl methyl sites for hydroxylation is 1. The van der Waals surface area contributed by atoms with Gasteiger partial charge in [-0.05, 0) is 42.6 Å². The summed E-state index contributed by atoms with van der Waals surface area (Å²) in [7, 11) is 0. The first kappa shape index (κ1) is 12.1. The van der Waals surface area contributed by atoms with Gasteiger partial charge in [-0.3, -0.25) is 0 Å². The topological polar surface area (TPSA) is 33.4 Å². The van der Waals surface area contributed by atoms with Gasteiger partial charge in [-0.1, -0.05) is 11.6 Å². The normalized spacial score (nSPS) is 13.3. The number of furan rings is 1. The van der Waals surface area contributed by atoms with Crippen molar-refractivity contribution in [2.45, 2.75) is 13.0 Å². The molecule has 1 N–H and O–H groups in total. The Bertz CT molecular complexity index is 869. The van der Waals surface area contributed by atoms with Crippen molar-refractivity contribution in [2.24, 2.45) is 0 Å². The highest BCUT2D eigenvalue weighted by molar-refractivity contribution is 7.26. The van der Waals surface area contributed by atoms with Gasteiger partial charge in [0.2, 0.25) is 0 Å². The van der Waals surface area contributed by atoms with Crippen molar-refractivity contribution in [3.8, 4) is 0 Å². The SMILES string of the molecule is Cc1ccc2oc(C(O)c3cc4sccc4s3)cc2c1. The fraction of sp³-hybridized carbons (Fsp3) is 0.125. The minimum absolute atomic E-state index is 0.611. The molecule has 0 fully saturated rings. The summed E-state index contributed by atoms with van der Waals surface area (Å²) in [6.45, 7) is 2.05. The quantitative estimate of drug-likeness (QED) is 0.559. The number of hydrogen-bond donors (Lipinski definition) is 1. The number of fused-ring (bicyclic) bond motifs is 2. The van der Waals surface area contributed by atoms with Gasteiger partial charge in [0.15, 0.2) is 0 Å². The van der Waals surface area contributed by atoms with E-state index in [0.29, 0.717) is 5.76 Å². The summed E-state index contributed by atoms with van der Waals surface area (Å²) >= 11 is 3.32. The zero-order chi connectivity index (χ0) is 13.7. The lowest BCUT2D eigenvalue weighted by atomic mass is 10.1. The molecule has 0 radical (unpaired) electrons. The first-order valence-corrected chi connectivity index (χ1v) is 8.05. The third-order valence-corrected chi connectivity index (χ3v) is 5.53. The monoisotopic (exact) mass is 300 g/mol. The molecule has 0 spiro atoms. The molecule has 4 heteroatoms. The van der Waals surface area contributed by atoms with Crippen molar-refractivity contribution < 1.29 is 9.52 Å². The largest absolute Gasteiger partial charge is 0.458 e. The number of benzene rings is 1. The van der Waals surface area contributed by atoms with Crippen molar-refractivity contribution in [1.82, 2.24) is 0 Å². The summed E-state index contributed by atoms with van der Waals surface area (Å²) in [4.78, 5) is 0.933. The van der Waals surface area contributed by atoms with Crippen LogP contribution in [0.2, 0.25) is 0 Å². The van der Waals surface area contributed by atoms with Gasteiger partial charge in [0.05, 0.1) is 0 Å². The van der Waals surface area contributed by atoms with Gasteiger partial charge >= 0.3 is 0 Å². The Balaban J connectivity index is 1.79. The van der Waals surface area contributed by atoms with Crippen LogP contribution in [-0.4, -0.2) is 5.11 Å². The van der Waals surface area contributed by atoms with E-state index in [9.17, 15) is 5.11 Å². The van der Waals surface area contributed by atoms with Crippen molar-refractivity contribution >= 4 is 43.0 Å². The molecule has 0 saturated heterocycles. The highest BCUT2D eigenvalue weighted by atomic mass is 32.1. The summed E-state index contributed by atoms with van der Waals surface area (Å²) < 4.78 is 8.21. The van der Waals surface area contributed by atoms with E-state index in [1.54, 1.807) is 22.7 Å². The van der Waals surface area contributed by atoms with E-state index in [0.717, 1.165) is 15.8 Å². The molecule has 0 bridgehead atoms. The molecule has 3 heterocycles. The molecule has 0 saturated carbocycles. The van der Waals surface area contributed by atoms with E-state index >= 15 is 0 Å². The smallest absolute Gasteiger partial charge is 0.146 e. The predicted octanol–water partition coefficient (Wildman–Crippen LogP) is 5.10. The lowest BCUT2D eigenvalue weighted by Crippen LogP contribution is -1.93. The molecule has 20 heavy (non-hydrogen) atoms. The summed E-state index contributed by atoms with van der Waals surface area (Å²) in [5.74, 6) is 0.611. The molecule has 100 valence electrons. The highest BCUT2D eigenvalue weighted by Crippen LogP contribution is 2.37. The van der Waals surface area contributed by atoms with E-state index in [-0.39, 0.29) is 0 Å². The second kappa shape index (κ2) is 4.45. The van der Waals surface area contributed by atoms with Gasteiger partial charge in [0.25, 0.3) is 0 Å². The average molecular weight is 300 g/mol. The van der Waals surface area contributed by atoms with Crippen LogP contribution in [0.5, 0.6) is 0 Å². The second-order valence-electron chi connectivity index (χ2n) is 4.89. The fourth-order valence-electron chi connectivity index (χ4n) is 2.38. The molecule has 1 unspecified atom stereocenters. The van der Waals surface area contributed by atoms with Crippen LogP contribution in [0.15, 0.2) is 46.2 Å². The van der Waals surface area contributed by atoms with Crippen LogP contribution in [0.3, 0.4) is 0 Å². The maximum Gasteiger partial charge on any atom is 0.146 e. The van der Waals surface area contributed by atoms with E-state index < -0.39 is 6.10 Å². The lowest BCUT2D eigenvalue weighted by Gasteiger charge is -2.03. The zero-order valence-electron chi connectivity index (χ0n) is 10.8. The van der Waals surface area contributed by atoms with Crippen LogP contribution in [0.1, 0.15) is 22.3 Å². The second-order valence-corrected chi connectivity index (χ2v) is 6.95. The Morgan fingerprint density at radius 2 is 2.00 bits per heavy atom. The molecule has 1 aromatic carbocycles. The summed E-state index contributed by atoms with van der Waals surface area (Å²) in [5.41, 5.74) is 2.01. The maximum absolute atomic E-state index is 10.5. The van der Waals surface area contributed by atoms with E-state index in [4.69, 9.17) is 4.42 Å². The third kappa shape index (κ3) is 1.88. The van der Waals surface area contributed by atoms with Gasteiger partial charge in [-0.25, -0.2) is 0 Å². The molecule has 4 aromatic rings. The van der Waals surface area contributed by atoms with Crippen LogP contribution in [0, 0.1) is 6.92 Å². The zero-order valence-corrected chi connectivity index (χ0v) is 12.4. The van der Waals surface area contributed by atoms with Crippen LogP contribution in [0.25, 0.3) is 20.4 Å². The van der Waals surface area contributed by atoms with E-state index in [1.807, 2.05) is 24.3 Å². The Kier molecular flexibility index (Phi) is 2.70. The summed E-state index contributed by atoms with van der Waals surface area (Å²) in [6.07, 6.45) is -0.688. The first-order chi connectivity index (χ1) is 9.70. The number of aliphatic hydroxyl groups is 1. The molecular weight excluding hydrogens is 288 g/mol. The Morgan fingerprint density at radius 1 is 1.10 bits per heavy atom. The minimum Gasteiger partial charge on any atom is -0.458 e. The van der Waals surface area contributed by atoms with Crippen molar-refractivity contribution in [2.75, 3.05) is 0 Å². The predicted molar refractivity (Wildman–Crippen MR) is 84.7 cm³/mol. The number of aliphatic hydroxyl groups excluding tert-OH is 1. The molecule has 4 rings (SSSR count). The lowest BCUT2D eigenvalue weighted by molar-refractivity contribution is 0.196. The van der Waals surface area contributed by atoms with Gasteiger partial charge in [-0.15, -0.1) is 22.7 Å². The standard InChI is InChI=1S/C16H12O2S2/c1-9-2-3-11-10(6-9)7-12(18-11)16(17)15-8-14-13(20-15)4-5-19-14/h2-8,16-17H,1H3. The number of hydrogen-bond acceptors (Lipinski definition) is 4. The maximum atomic E-state index is 10.5. The fourth-order valence-corrected chi connectivity index (χ4v) is 4.49. The first-order valence-electron chi connectivity index (χ1n) is 6.36. The molecule has 0 aliphatic rings. The molecule has 1 atom stereocenters. The molecule has 0 aliphatic heterocycles. The van der Waals surface area contributed by atoms with Crippen molar-refractivity contribution in [3.05, 3.63) is 58.0 Å². The van der Waals surface area contributed by atoms with Crippen LogP contribution < -0.4 is 0 Å². The van der Waals surface area contributed by atoms with Crippen LogP contribution in [0.4, 0.5) is 0 Å². The molecule has 2 nitrogen and oxygen atoms in total. The van der Waals surface area contributed by atoms with Crippen LogP contribution >= 0.6 is 22.7 Å². The van der Waals surface area contributed by atoms with Gasteiger partial charge in [0, 0.05) is 19.7 Å². The highest BCUT2D eigenvalue weighted by Gasteiger charge is 2.18. The summed E-state index contributed by atoms with van der Waals surface area (Å²) in [6, 6.07) is 12.1. The van der Waals surface area contributed by atoms with E-state index in [1.165, 1.54) is 15.0 Å². The van der Waals surface area contributed by atoms with Gasteiger partial charge < -0.3 is 9.52 Å². The van der Waals surface area contributed by atoms with Gasteiger partial charge in [-0.2, -0.15) is 0 Å². The van der Waals surface area contributed by atoms with Crippen LogP contribution in [-0.2, 0) is 0 Å². The average Bonchev–Trinajstić information content (AvgIpc) is 3.10. The molecule has 3 aromatic heterocycles. The molecule has 0 aliphatic carbocycles. The number of rotatable bonds is 2. The third-order valence-electron chi connectivity index (χ3n) is 3.39. The Hall–Kier alpha value is -1.62.